The molecule has 0 spiro atoms. The molecule has 0 bridgehead atoms. The summed E-state index contributed by atoms with van der Waals surface area (Å²) in [5, 5.41) is -0.484. The molecule has 0 aromatic rings. The van der Waals surface area contributed by atoms with E-state index in [2.05, 4.69) is 0 Å². The quantitative estimate of drug-likeness (QED) is 0.447. The first-order valence-corrected chi connectivity index (χ1v) is 12.2. The van der Waals surface area contributed by atoms with Crippen molar-refractivity contribution in [1.29, 1.82) is 0 Å². The topological polar surface area (TPSA) is 68.3 Å². The fourth-order valence-corrected chi connectivity index (χ4v) is 18.5. The summed E-state index contributed by atoms with van der Waals surface area (Å²) >= 11 is 0.971. The maximum absolute atomic E-state index is 11.4. The average molecular weight is 361 g/mol. The standard InChI is InChI=1S/2C4H6O2S2.Ni/c2*1-3(5)7-8-4(2)6;/h2*1-2H3;/q;;-2/p+2. The van der Waals surface area contributed by atoms with Gasteiger partial charge in [-0.05, 0) is 0 Å². The van der Waals surface area contributed by atoms with Gasteiger partial charge in [-0.2, -0.15) is 0 Å². The van der Waals surface area contributed by atoms with Gasteiger partial charge < -0.3 is 0 Å². The monoisotopic (exact) mass is 360 g/mol. The molecule has 0 radical (unpaired) electrons. The molecule has 0 aromatic carbocycles. The van der Waals surface area contributed by atoms with Crippen LogP contribution in [0.5, 0.6) is 0 Å². The first-order chi connectivity index (χ1) is 7.73. The molecule has 17 heavy (non-hydrogen) atoms. The van der Waals surface area contributed by atoms with E-state index in [9.17, 15) is 19.2 Å². The average Bonchev–Trinajstić information content (AvgIpc) is 2.13. The van der Waals surface area contributed by atoms with Crippen LogP contribution in [-0.2, 0) is 31.4 Å². The van der Waals surface area contributed by atoms with E-state index in [1.54, 1.807) is 0 Å². The van der Waals surface area contributed by atoms with Crippen LogP contribution in [0.15, 0.2) is 0 Å². The summed E-state index contributed by atoms with van der Waals surface area (Å²) in [6.07, 6.45) is 0. The Bertz CT molecular complexity index is 314. The Kier molecular flexibility index (Phi) is 8.93. The van der Waals surface area contributed by atoms with Gasteiger partial charge in [0.2, 0.25) is 0 Å². The molecule has 0 heterocycles. The van der Waals surface area contributed by atoms with Crippen molar-refractivity contribution >= 4 is 58.9 Å². The molecule has 0 aliphatic rings. The first kappa shape index (κ1) is 17.6. The second kappa shape index (κ2) is 8.64. The van der Waals surface area contributed by atoms with Gasteiger partial charge in [-0.3, -0.25) is 0 Å². The Labute approximate surface area is 117 Å². The summed E-state index contributed by atoms with van der Waals surface area (Å²) < 4.78 is 0. The minimum absolute atomic E-state index is 0.0990. The van der Waals surface area contributed by atoms with E-state index in [0.29, 0.717) is 0 Å². The first-order valence-electron chi connectivity index (χ1n) is 4.32. The molecule has 104 valence electrons. The number of carbonyl (C=O) groups excluding carboxylic acids is 4. The normalized spacial score (nSPS) is 16.2. The van der Waals surface area contributed by atoms with Crippen LogP contribution in [0.1, 0.15) is 27.7 Å². The second-order valence-electron chi connectivity index (χ2n) is 2.71. The van der Waals surface area contributed by atoms with E-state index in [-0.39, 0.29) is 20.5 Å². The molecule has 0 fully saturated rings. The number of hydrogen-bond donors (Lipinski definition) is 2. The van der Waals surface area contributed by atoms with E-state index < -0.39 is 16.9 Å². The van der Waals surface area contributed by atoms with Gasteiger partial charge in [0.25, 0.3) is 0 Å². The molecular weight excluding hydrogens is 347 g/mol. The third-order valence-electron chi connectivity index (χ3n) is 0.977. The number of carbonyl (C=O) groups is 4. The molecule has 2 unspecified atom stereocenters. The van der Waals surface area contributed by atoms with Crippen LogP contribution in [0, 0.1) is 0 Å². The van der Waals surface area contributed by atoms with Gasteiger partial charge in [-0.15, -0.1) is 0 Å². The van der Waals surface area contributed by atoms with Crippen LogP contribution in [0.3, 0.4) is 0 Å². The molecule has 0 aromatic heterocycles. The Hall–Kier alpha value is 0.574. The van der Waals surface area contributed by atoms with Gasteiger partial charge >= 0.3 is 118 Å². The van der Waals surface area contributed by atoms with Crippen LogP contribution < -0.4 is 0 Å². The molecule has 0 N–H and O–H groups in total. The van der Waals surface area contributed by atoms with E-state index in [0.717, 1.165) is 33.8 Å². The van der Waals surface area contributed by atoms with Gasteiger partial charge in [0.15, 0.2) is 0 Å². The number of hydrogen-bond acceptors (Lipinski definition) is 6. The van der Waals surface area contributed by atoms with Crippen LogP contribution in [0.4, 0.5) is 0 Å². The van der Waals surface area contributed by atoms with Crippen molar-refractivity contribution in [2.45, 2.75) is 27.7 Å². The van der Waals surface area contributed by atoms with Crippen LogP contribution >= 0.6 is 38.5 Å². The van der Waals surface area contributed by atoms with Gasteiger partial charge in [0.05, 0.1) is 0 Å². The van der Waals surface area contributed by atoms with E-state index in [1.165, 1.54) is 27.7 Å². The Balaban J connectivity index is 4.67. The summed E-state index contributed by atoms with van der Waals surface area (Å²) in [7, 11) is -0.585. The molecule has 0 aliphatic heterocycles. The molecule has 4 nitrogen and oxygen atoms in total. The predicted octanol–water partition coefficient (Wildman–Crippen LogP) is 2.38. The van der Waals surface area contributed by atoms with Crippen molar-refractivity contribution in [2.75, 3.05) is 0 Å². The van der Waals surface area contributed by atoms with Crippen LogP contribution in [0.25, 0.3) is 0 Å². The third kappa shape index (κ3) is 8.32. The summed E-state index contributed by atoms with van der Waals surface area (Å²) in [5.41, 5.74) is 0. The molecule has 2 atom stereocenters. The molecule has 9 heteroatoms. The van der Waals surface area contributed by atoms with Gasteiger partial charge in [-0.1, -0.05) is 0 Å². The van der Waals surface area contributed by atoms with Crippen LogP contribution in [-0.4, -0.2) is 20.5 Å². The Morgan fingerprint density at radius 3 is 1.24 bits per heavy atom. The molecule has 0 rings (SSSR count). The van der Waals surface area contributed by atoms with E-state index in [1.807, 2.05) is 0 Å². The molecule has 0 saturated carbocycles. The molecule has 0 amide bonds. The molecule has 0 saturated heterocycles. The number of thiol groups is 2. The zero-order chi connectivity index (χ0) is 13.6. The fraction of sp³-hybridized carbons (Fsp3) is 0.500. The summed E-state index contributed by atoms with van der Waals surface area (Å²) in [6, 6.07) is 0. The third-order valence-corrected chi connectivity index (χ3v) is 18.2. The van der Waals surface area contributed by atoms with Crippen molar-refractivity contribution in [1.82, 2.24) is 0 Å². The van der Waals surface area contributed by atoms with E-state index >= 15 is 0 Å². The van der Waals surface area contributed by atoms with E-state index in [4.69, 9.17) is 0 Å². The van der Waals surface area contributed by atoms with Crippen molar-refractivity contribution in [3.05, 3.63) is 0 Å². The molecule has 0 aliphatic carbocycles. The van der Waals surface area contributed by atoms with Gasteiger partial charge in [0, 0.05) is 0 Å². The van der Waals surface area contributed by atoms with Crippen molar-refractivity contribution < 1.29 is 31.4 Å². The minimum atomic E-state index is -1.26. The maximum atomic E-state index is 11.4. The summed E-state index contributed by atoms with van der Waals surface area (Å²) in [4.78, 5) is 44.7. The summed E-state index contributed by atoms with van der Waals surface area (Å²) in [6.45, 7) is 5.60. The van der Waals surface area contributed by atoms with Crippen molar-refractivity contribution in [3.63, 3.8) is 0 Å². The molecular formula is C8H14NiO4S4. The zero-order valence-electron chi connectivity index (χ0n) is 9.66. The zero-order valence-corrected chi connectivity index (χ0v) is 14.1. The van der Waals surface area contributed by atoms with Crippen molar-refractivity contribution in [3.8, 4) is 0 Å². The number of rotatable bonds is 2. The van der Waals surface area contributed by atoms with Gasteiger partial charge in [-0.25, -0.2) is 0 Å². The van der Waals surface area contributed by atoms with Crippen LogP contribution in [0.2, 0.25) is 0 Å². The SMILES string of the molecule is CC(=O)S[SH]([Ni][SH](SC(C)=O)C(C)=O)C(C)=O. The second-order valence-corrected chi connectivity index (χ2v) is 16.1. The fourth-order valence-electron chi connectivity index (χ4n) is 0.505. The Morgan fingerprint density at radius 2 is 1.06 bits per heavy atom. The Morgan fingerprint density at radius 1 is 0.765 bits per heavy atom. The summed E-state index contributed by atoms with van der Waals surface area (Å²) in [5.74, 6) is 0. The van der Waals surface area contributed by atoms with Crippen molar-refractivity contribution in [2.24, 2.45) is 0 Å². The predicted molar refractivity (Wildman–Crippen MR) is 75.9 cm³/mol. The van der Waals surface area contributed by atoms with Gasteiger partial charge in [0.1, 0.15) is 0 Å².